The lowest BCUT2D eigenvalue weighted by atomic mass is 9.83. The van der Waals surface area contributed by atoms with Gasteiger partial charge in [0.05, 0.1) is 17.7 Å². The lowest BCUT2D eigenvalue weighted by Crippen LogP contribution is -2.41. The first-order valence-electron chi connectivity index (χ1n) is 12.7. The summed E-state index contributed by atoms with van der Waals surface area (Å²) in [5.74, 6) is 1.18. The molecule has 1 amide bonds. The van der Waals surface area contributed by atoms with Crippen molar-refractivity contribution in [3.05, 3.63) is 63.3 Å². The topological polar surface area (TPSA) is 69.3 Å². The molecule has 1 saturated carbocycles. The van der Waals surface area contributed by atoms with E-state index in [1.807, 2.05) is 23.1 Å². The van der Waals surface area contributed by atoms with Gasteiger partial charge in [-0.2, -0.15) is 0 Å². The highest BCUT2D eigenvalue weighted by Crippen LogP contribution is 2.41. The fourth-order valence-corrected chi connectivity index (χ4v) is 6.14. The maximum Gasteiger partial charge on any atom is 0.254 e. The number of amides is 1. The van der Waals surface area contributed by atoms with Crippen molar-refractivity contribution in [1.29, 1.82) is 0 Å². The largest absolute Gasteiger partial charge is 0.332 e. The molecule has 2 fully saturated rings. The summed E-state index contributed by atoms with van der Waals surface area (Å²) in [5, 5.41) is 0. The number of rotatable bonds is 5. The Morgan fingerprint density at radius 2 is 1.82 bits per heavy atom. The van der Waals surface area contributed by atoms with Crippen LogP contribution >= 0.6 is 0 Å². The maximum atomic E-state index is 14.0. The Hall–Kier alpha value is -2.47. The van der Waals surface area contributed by atoms with E-state index >= 15 is 0 Å². The molecule has 2 aliphatic heterocycles. The third-order valence-electron chi connectivity index (χ3n) is 8.00. The fourth-order valence-electron chi connectivity index (χ4n) is 6.14. The molecule has 2 atom stereocenters. The number of benzene rings is 1. The molecule has 0 radical (unpaired) electrons. The summed E-state index contributed by atoms with van der Waals surface area (Å²) < 4.78 is 0. The molecule has 1 saturated heterocycles. The molecule has 33 heavy (non-hydrogen) atoms. The number of likely N-dealkylation sites (tertiary alicyclic amines) is 1. The smallest absolute Gasteiger partial charge is 0.254 e. The van der Waals surface area contributed by atoms with E-state index in [1.54, 1.807) is 0 Å². The van der Waals surface area contributed by atoms with Crippen LogP contribution in [0.1, 0.15) is 87.0 Å². The first-order chi connectivity index (χ1) is 16.0. The quantitative estimate of drug-likeness (QED) is 0.745. The number of aromatic amines is 1. The van der Waals surface area contributed by atoms with Crippen molar-refractivity contribution in [3.8, 4) is 0 Å². The van der Waals surface area contributed by atoms with E-state index in [0.29, 0.717) is 24.3 Å². The Morgan fingerprint density at radius 3 is 2.55 bits per heavy atom. The van der Waals surface area contributed by atoms with Gasteiger partial charge in [-0.25, -0.2) is 4.98 Å². The highest BCUT2D eigenvalue weighted by Gasteiger charge is 2.40. The average molecular weight is 449 g/mol. The molecule has 6 heteroatoms. The SMILES string of the molecule is CC(C)N1CCc2c(nc(C3CCCN3C(=O)C(c3ccccc3)C3CCCC3)[nH]c2=O)C1. The molecule has 3 heterocycles. The van der Waals surface area contributed by atoms with Crippen molar-refractivity contribution < 1.29 is 4.79 Å². The van der Waals surface area contributed by atoms with Gasteiger partial charge in [-0.05, 0) is 57.4 Å². The molecule has 3 aliphatic rings. The van der Waals surface area contributed by atoms with Gasteiger partial charge in [0.15, 0.2) is 0 Å². The van der Waals surface area contributed by atoms with Crippen molar-refractivity contribution in [3.63, 3.8) is 0 Å². The predicted molar refractivity (Wildman–Crippen MR) is 129 cm³/mol. The molecular weight excluding hydrogens is 412 g/mol. The van der Waals surface area contributed by atoms with Crippen molar-refractivity contribution in [2.45, 2.75) is 83.3 Å². The molecule has 176 valence electrons. The normalized spacial score (nSPS) is 22.6. The lowest BCUT2D eigenvalue weighted by molar-refractivity contribution is -0.135. The molecule has 6 nitrogen and oxygen atoms in total. The Morgan fingerprint density at radius 1 is 1.06 bits per heavy atom. The summed E-state index contributed by atoms with van der Waals surface area (Å²) in [6, 6.07) is 10.6. The van der Waals surface area contributed by atoms with Crippen LogP contribution in [0.15, 0.2) is 35.1 Å². The van der Waals surface area contributed by atoms with Crippen LogP contribution in [-0.4, -0.2) is 44.8 Å². The van der Waals surface area contributed by atoms with Gasteiger partial charge < -0.3 is 9.88 Å². The van der Waals surface area contributed by atoms with Gasteiger partial charge in [0.1, 0.15) is 5.82 Å². The van der Waals surface area contributed by atoms with E-state index in [4.69, 9.17) is 4.98 Å². The van der Waals surface area contributed by atoms with Crippen LogP contribution in [-0.2, 0) is 17.8 Å². The van der Waals surface area contributed by atoms with Gasteiger partial charge >= 0.3 is 0 Å². The average Bonchev–Trinajstić information content (AvgIpc) is 3.52. The van der Waals surface area contributed by atoms with Gasteiger partial charge in [0.25, 0.3) is 5.56 Å². The second-order valence-electron chi connectivity index (χ2n) is 10.3. The molecule has 2 aromatic rings. The van der Waals surface area contributed by atoms with Crippen LogP contribution in [0.4, 0.5) is 0 Å². The summed E-state index contributed by atoms with van der Waals surface area (Å²) in [6.45, 7) is 6.70. The highest BCUT2D eigenvalue weighted by atomic mass is 16.2. The van der Waals surface area contributed by atoms with Gasteiger partial charge in [-0.3, -0.25) is 14.5 Å². The van der Waals surface area contributed by atoms with Crippen molar-refractivity contribution >= 4 is 5.91 Å². The summed E-state index contributed by atoms with van der Waals surface area (Å²) in [5.41, 5.74) is 2.82. The number of carbonyl (C=O) groups is 1. The van der Waals surface area contributed by atoms with Crippen LogP contribution in [0.2, 0.25) is 0 Å². The second kappa shape index (κ2) is 9.41. The summed E-state index contributed by atoms with van der Waals surface area (Å²) in [6.07, 6.45) is 7.18. The third-order valence-corrected chi connectivity index (χ3v) is 8.00. The molecule has 1 aromatic heterocycles. The number of hydrogen-bond acceptors (Lipinski definition) is 4. The zero-order valence-electron chi connectivity index (χ0n) is 19.9. The molecule has 0 spiro atoms. The van der Waals surface area contributed by atoms with E-state index in [1.165, 1.54) is 12.8 Å². The Bertz CT molecular complexity index is 1040. The van der Waals surface area contributed by atoms with Gasteiger partial charge in [0.2, 0.25) is 5.91 Å². The summed E-state index contributed by atoms with van der Waals surface area (Å²) >= 11 is 0. The van der Waals surface area contributed by atoms with Gasteiger partial charge in [0, 0.05) is 31.2 Å². The number of nitrogens with zero attached hydrogens (tertiary/aromatic N) is 3. The molecular formula is C27H36N4O2. The molecule has 5 rings (SSSR count). The second-order valence-corrected chi connectivity index (χ2v) is 10.3. The number of aromatic nitrogens is 2. The van der Waals surface area contributed by atoms with Crippen LogP contribution in [0, 0.1) is 5.92 Å². The summed E-state index contributed by atoms with van der Waals surface area (Å²) in [7, 11) is 0. The standard InChI is InChI=1S/C27H36N4O2/c1-18(2)30-16-14-21-22(17-30)28-25(29-26(21)32)23-13-8-15-31(23)27(33)24(20-11-6-7-12-20)19-9-4-3-5-10-19/h3-5,9-10,18,20,23-24H,6-8,11-17H2,1-2H3,(H,28,29,32). The van der Waals surface area contributed by atoms with Crippen LogP contribution in [0.3, 0.4) is 0 Å². The van der Waals surface area contributed by atoms with Crippen LogP contribution in [0.25, 0.3) is 0 Å². The van der Waals surface area contributed by atoms with E-state index in [2.05, 4.69) is 35.9 Å². The summed E-state index contributed by atoms with van der Waals surface area (Å²) in [4.78, 5) is 39.4. The molecule has 1 aliphatic carbocycles. The zero-order valence-corrected chi connectivity index (χ0v) is 19.9. The minimum absolute atomic E-state index is 0.0203. The minimum Gasteiger partial charge on any atom is -0.332 e. The first kappa shape index (κ1) is 22.3. The molecule has 0 bridgehead atoms. The first-order valence-corrected chi connectivity index (χ1v) is 12.7. The number of H-pyrrole nitrogens is 1. The van der Waals surface area contributed by atoms with Crippen molar-refractivity contribution in [2.75, 3.05) is 13.1 Å². The Kier molecular flexibility index (Phi) is 6.37. The molecule has 1 aromatic carbocycles. The zero-order chi connectivity index (χ0) is 22.9. The monoisotopic (exact) mass is 448 g/mol. The highest BCUT2D eigenvalue weighted by molar-refractivity contribution is 5.84. The van der Waals surface area contributed by atoms with Gasteiger partial charge in [-0.1, -0.05) is 43.2 Å². The van der Waals surface area contributed by atoms with Crippen molar-refractivity contribution in [1.82, 2.24) is 19.8 Å². The van der Waals surface area contributed by atoms with Crippen molar-refractivity contribution in [2.24, 2.45) is 5.92 Å². The molecule has 1 N–H and O–H groups in total. The maximum absolute atomic E-state index is 14.0. The van der Waals surface area contributed by atoms with E-state index in [9.17, 15) is 9.59 Å². The van der Waals surface area contributed by atoms with E-state index in [-0.39, 0.29) is 23.4 Å². The van der Waals surface area contributed by atoms with Crippen LogP contribution < -0.4 is 5.56 Å². The minimum atomic E-state index is -0.141. The lowest BCUT2D eigenvalue weighted by Gasteiger charge is -2.33. The van der Waals surface area contributed by atoms with E-state index < -0.39 is 0 Å². The third kappa shape index (κ3) is 4.37. The Balaban J connectivity index is 1.45. The molecule has 2 unspecified atom stereocenters. The number of nitrogens with one attached hydrogen (secondary N) is 1. The van der Waals surface area contributed by atoms with Crippen LogP contribution in [0.5, 0.6) is 0 Å². The van der Waals surface area contributed by atoms with E-state index in [0.717, 1.165) is 62.0 Å². The fraction of sp³-hybridized carbons (Fsp3) is 0.593. The number of fused-ring (bicyclic) bond motifs is 1. The number of hydrogen-bond donors (Lipinski definition) is 1. The Labute approximate surface area is 196 Å². The predicted octanol–water partition coefficient (Wildman–Crippen LogP) is 4.17. The van der Waals surface area contributed by atoms with Gasteiger partial charge in [-0.15, -0.1) is 0 Å². The number of carbonyl (C=O) groups excluding carboxylic acids is 1.